The second kappa shape index (κ2) is 4.76. The minimum atomic E-state index is 0.0931. The molecule has 1 atom stereocenters. The standard InChI is InChI=1S/C11H13BrN4/c1-13-11(10-7-14-15-16(10)2)8-5-3-4-6-9(8)12/h3-7,11,13H,1-2H3. The maximum Gasteiger partial charge on any atom is 0.0798 e. The van der Waals surface area contributed by atoms with Crippen LogP contribution < -0.4 is 5.32 Å². The van der Waals surface area contributed by atoms with Gasteiger partial charge in [0.25, 0.3) is 0 Å². The van der Waals surface area contributed by atoms with Crippen LogP contribution in [0.25, 0.3) is 0 Å². The van der Waals surface area contributed by atoms with Gasteiger partial charge < -0.3 is 5.32 Å². The summed E-state index contributed by atoms with van der Waals surface area (Å²) in [6.07, 6.45) is 1.78. The van der Waals surface area contributed by atoms with Gasteiger partial charge in [-0.3, -0.25) is 4.68 Å². The van der Waals surface area contributed by atoms with Crippen molar-refractivity contribution in [1.82, 2.24) is 20.3 Å². The molecule has 0 aliphatic rings. The summed E-state index contributed by atoms with van der Waals surface area (Å²) in [6, 6.07) is 8.23. The second-order valence-electron chi connectivity index (χ2n) is 3.53. The van der Waals surface area contributed by atoms with E-state index in [1.54, 1.807) is 10.9 Å². The molecule has 0 bridgehead atoms. The van der Waals surface area contributed by atoms with Gasteiger partial charge in [0.1, 0.15) is 0 Å². The average molecular weight is 281 g/mol. The number of nitrogens with one attached hydrogen (secondary N) is 1. The van der Waals surface area contributed by atoms with E-state index in [1.165, 1.54) is 5.56 Å². The lowest BCUT2D eigenvalue weighted by atomic mass is 10.0. The number of halogens is 1. The molecule has 84 valence electrons. The van der Waals surface area contributed by atoms with Crippen LogP contribution in [0.4, 0.5) is 0 Å². The van der Waals surface area contributed by atoms with Crippen molar-refractivity contribution in [2.75, 3.05) is 7.05 Å². The molecule has 2 aromatic rings. The quantitative estimate of drug-likeness (QED) is 0.934. The molecule has 16 heavy (non-hydrogen) atoms. The Balaban J connectivity index is 2.45. The third-order valence-electron chi connectivity index (χ3n) is 2.55. The van der Waals surface area contributed by atoms with Crippen LogP contribution in [0.2, 0.25) is 0 Å². The number of nitrogens with zero attached hydrogens (tertiary/aromatic N) is 3. The highest BCUT2D eigenvalue weighted by molar-refractivity contribution is 9.10. The highest BCUT2D eigenvalue weighted by atomic mass is 79.9. The third-order valence-corrected chi connectivity index (χ3v) is 3.27. The fourth-order valence-electron chi connectivity index (χ4n) is 1.73. The Morgan fingerprint density at radius 1 is 1.38 bits per heavy atom. The van der Waals surface area contributed by atoms with Crippen molar-refractivity contribution in [3.05, 3.63) is 46.2 Å². The maximum atomic E-state index is 3.95. The number of aryl methyl sites for hydroxylation is 1. The molecule has 4 nitrogen and oxygen atoms in total. The van der Waals surface area contributed by atoms with E-state index in [1.807, 2.05) is 32.3 Å². The van der Waals surface area contributed by atoms with Crippen LogP contribution in [-0.4, -0.2) is 22.0 Å². The first kappa shape index (κ1) is 11.3. The lowest BCUT2D eigenvalue weighted by Gasteiger charge is -2.17. The fourth-order valence-corrected chi connectivity index (χ4v) is 2.24. The van der Waals surface area contributed by atoms with Crippen LogP contribution in [0.15, 0.2) is 34.9 Å². The summed E-state index contributed by atoms with van der Waals surface area (Å²) < 4.78 is 2.86. The predicted molar refractivity (Wildman–Crippen MR) is 66.0 cm³/mol. The molecule has 0 spiro atoms. The molecule has 0 amide bonds. The van der Waals surface area contributed by atoms with Gasteiger partial charge in [-0.05, 0) is 18.7 Å². The van der Waals surface area contributed by atoms with E-state index in [9.17, 15) is 0 Å². The first-order valence-electron chi connectivity index (χ1n) is 5.00. The fraction of sp³-hybridized carbons (Fsp3) is 0.273. The van der Waals surface area contributed by atoms with Crippen LogP contribution in [0.1, 0.15) is 17.3 Å². The van der Waals surface area contributed by atoms with Crippen molar-refractivity contribution in [1.29, 1.82) is 0 Å². The van der Waals surface area contributed by atoms with Gasteiger partial charge in [-0.25, -0.2) is 0 Å². The highest BCUT2D eigenvalue weighted by Crippen LogP contribution is 2.27. The lowest BCUT2D eigenvalue weighted by molar-refractivity contribution is 0.596. The monoisotopic (exact) mass is 280 g/mol. The van der Waals surface area contributed by atoms with Gasteiger partial charge in [0.05, 0.1) is 17.9 Å². The van der Waals surface area contributed by atoms with Crippen molar-refractivity contribution in [3.63, 3.8) is 0 Å². The van der Waals surface area contributed by atoms with E-state index in [2.05, 4.69) is 37.6 Å². The Morgan fingerprint density at radius 2 is 2.12 bits per heavy atom. The summed E-state index contributed by atoms with van der Waals surface area (Å²) in [5.41, 5.74) is 2.21. The molecule has 1 aromatic heterocycles. The van der Waals surface area contributed by atoms with Crippen molar-refractivity contribution < 1.29 is 0 Å². The SMILES string of the molecule is CNC(c1ccccc1Br)c1cnnn1C. The smallest absolute Gasteiger partial charge is 0.0798 e. The number of aromatic nitrogens is 3. The molecule has 0 aliphatic heterocycles. The lowest BCUT2D eigenvalue weighted by Crippen LogP contribution is -2.20. The van der Waals surface area contributed by atoms with Crippen molar-refractivity contribution >= 4 is 15.9 Å². The van der Waals surface area contributed by atoms with E-state index in [4.69, 9.17) is 0 Å². The highest BCUT2D eigenvalue weighted by Gasteiger charge is 2.17. The number of benzene rings is 1. The van der Waals surface area contributed by atoms with Crippen molar-refractivity contribution in [2.45, 2.75) is 6.04 Å². The molecule has 1 N–H and O–H groups in total. The molecule has 0 aliphatic carbocycles. The van der Waals surface area contributed by atoms with Gasteiger partial charge in [-0.15, -0.1) is 5.10 Å². The van der Waals surface area contributed by atoms with E-state index in [0.29, 0.717) is 0 Å². The van der Waals surface area contributed by atoms with Crippen LogP contribution in [-0.2, 0) is 7.05 Å². The van der Waals surface area contributed by atoms with Crippen molar-refractivity contribution in [2.24, 2.45) is 7.05 Å². The topological polar surface area (TPSA) is 42.7 Å². The maximum absolute atomic E-state index is 3.95. The van der Waals surface area contributed by atoms with Gasteiger partial charge in [0.15, 0.2) is 0 Å². The molecule has 1 heterocycles. The van der Waals surface area contributed by atoms with E-state index >= 15 is 0 Å². The predicted octanol–water partition coefficient (Wildman–Crippen LogP) is 1.89. The van der Waals surface area contributed by atoms with E-state index in [-0.39, 0.29) is 6.04 Å². The van der Waals surface area contributed by atoms with E-state index in [0.717, 1.165) is 10.2 Å². The molecule has 1 unspecified atom stereocenters. The first-order valence-corrected chi connectivity index (χ1v) is 5.79. The van der Waals surface area contributed by atoms with Gasteiger partial charge in [-0.2, -0.15) is 0 Å². The van der Waals surface area contributed by atoms with Gasteiger partial charge in [0.2, 0.25) is 0 Å². The minimum Gasteiger partial charge on any atom is -0.308 e. The number of hydrogen-bond acceptors (Lipinski definition) is 3. The largest absolute Gasteiger partial charge is 0.308 e. The number of hydrogen-bond donors (Lipinski definition) is 1. The average Bonchev–Trinajstić information content (AvgIpc) is 2.69. The zero-order valence-electron chi connectivity index (χ0n) is 9.18. The molecule has 0 radical (unpaired) electrons. The molecule has 2 rings (SSSR count). The zero-order valence-corrected chi connectivity index (χ0v) is 10.8. The van der Waals surface area contributed by atoms with Gasteiger partial charge in [0, 0.05) is 11.5 Å². The molecule has 0 saturated carbocycles. The summed E-state index contributed by atoms with van der Waals surface area (Å²) in [4.78, 5) is 0. The van der Waals surface area contributed by atoms with Gasteiger partial charge >= 0.3 is 0 Å². The van der Waals surface area contributed by atoms with Crippen LogP contribution in [0.5, 0.6) is 0 Å². The molecule has 0 fully saturated rings. The normalized spacial score (nSPS) is 12.7. The number of rotatable bonds is 3. The summed E-state index contributed by atoms with van der Waals surface area (Å²) in [6.45, 7) is 0. The van der Waals surface area contributed by atoms with Gasteiger partial charge in [-0.1, -0.05) is 39.3 Å². The van der Waals surface area contributed by atoms with Crippen LogP contribution in [0, 0.1) is 0 Å². The summed E-state index contributed by atoms with van der Waals surface area (Å²) >= 11 is 3.56. The Kier molecular flexibility index (Phi) is 3.36. The minimum absolute atomic E-state index is 0.0931. The van der Waals surface area contributed by atoms with Crippen LogP contribution in [0.3, 0.4) is 0 Å². The molecule has 5 heteroatoms. The molecular weight excluding hydrogens is 268 g/mol. The Hall–Kier alpha value is -1.20. The summed E-state index contributed by atoms with van der Waals surface area (Å²) in [5, 5.41) is 11.1. The summed E-state index contributed by atoms with van der Waals surface area (Å²) in [5.74, 6) is 0. The summed E-state index contributed by atoms with van der Waals surface area (Å²) in [7, 11) is 3.82. The molecular formula is C11H13BrN4. The van der Waals surface area contributed by atoms with E-state index < -0.39 is 0 Å². The second-order valence-corrected chi connectivity index (χ2v) is 4.38. The zero-order chi connectivity index (χ0) is 11.5. The molecule has 0 saturated heterocycles. The third kappa shape index (κ3) is 2.01. The Labute approximate surface area is 103 Å². The first-order chi connectivity index (χ1) is 7.74. The Morgan fingerprint density at radius 3 is 2.69 bits per heavy atom. The van der Waals surface area contributed by atoms with Crippen LogP contribution >= 0.6 is 15.9 Å². The Bertz CT molecular complexity index is 480. The molecule has 1 aromatic carbocycles. The van der Waals surface area contributed by atoms with Crippen molar-refractivity contribution in [3.8, 4) is 0 Å².